The van der Waals surface area contributed by atoms with E-state index in [0.717, 1.165) is 28.1 Å². The van der Waals surface area contributed by atoms with Gasteiger partial charge in [0.2, 0.25) is 0 Å². The molecular weight excluding hydrogens is 350 g/mol. The van der Waals surface area contributed by atoms with Gasteiger partial charge in [0, 0.05) is 11.4 Å². The van der Waals surface area contributed by atoms with Crippen LogP contribution < -0.4 is 5.32 Å². The van der Waals surface area contributed by atoms with Crippen molar-refractivity contribution in [2.24, 2.45) is 0 Å². The van der Waals surface area contributed by atoms with E-state index in [2.05, 4.69) is 118 Å². The molecule has 0 heterocycles. The fraction of sp³-hybridized carbons (Fsp3) is 0.143. The van der Waals surface area contributed by atoms with Crippen molar-refractivity contribution >= 4 is 22.5 Å². The molecule has 0 saturated heterocycles. The van der Waals surface area contributed by atoms with Gasteiger partial charge in [-0.05, 0) is 91.5 Å². The van der Waals surface area contributed by atoms with Crippen molar-refractivity contribution in [2.75, 3.05) is 5.32 Å². The van der Waals surface area contributed by atoms with Gasteiger partial charge in [-0.15, -0.1) is 0 Å². The lowest BCUT2D eigenvalue weighted by Gasteiger charge is -2.12. The molecule has 1 heteroatoms. The second kappa shape index (κ2) is 10.9. The Morgan fingerprint density at radius 1 is 0.828 bits per heavy atom. The molecule has 0 spiro atoms. The van der Waals surface area contributed by atoms with Crippen LogP contribution in [0.5, 0.6) is 0 Å². The summed E-state index contributed by atoms with van der Waals surface area (Å²) < 4.78 is 0. The van der Waals surface area contributed by atoms with Crippen molar-refractivity contribution in [1.82, 2.24) is 0 Å². The van der Waals surface area contributed by atoms with Gasteiger partial charge in [0.15, 0.2) is 0 Å². The van der Waals surface area contributed by atoms with Crippen molar-refractivity contribution in [3.63, 3.8) is 0 Å². The predicted octanol–water partition coefficient (Wildman–Crippen LogP) is 8.50. The highest BCUT2D eigenvalue weighted by Gasteiger charge is 2.05. The molecule has 0 aliphatic rings. The molecule has 0 aliphatic carbocycles. The van der Waals surface area contributed by atoms with Gasteiger partial charge < -0.3 is 5.32 Å². The first-order valence-electron chi connectivity index (χ1n) is 9.95. The molecule has 2 aromatic rings. The number of nitrogens with one attached hydrogen (secondary N) is 1. The lowest BCUT2D eigenvalue weighted by Crippen LogP contribution is -1.93. The quantitative estimate of drug-likeness (QED) is 0.452. The van der Waals surface area contributed by atoms with Crippen LogP contribution in [-0.2, 0) is 0 Å². The van der Waals surface area contributed by atoms with Crippen LogP contribution in [0.2, 0.25) is 0 Å². The van der Waals surface area contributed by atoms with Crippen molar-refractivity contribution in [3.05, 3.63) is 120 Å². The van der Waals surface area contributed by atoms with Crippen LogP contribution in [0.1, 0.15) is 38.8 Å². The first kappa shape index (κ1) is 22.0. The van der Waals surface area contributed by atoms with Crippen LogP contribution in [0.4, 0.5) is 11.4 Å². The second-order valence-electron chi connectivity index (χ2n) is 6.83. The average molecular weight is 382 g/mol. The Morgan fingerprint density at radius 3 is 1.83 bits per heavy atom. The van der Waals surface area contributed by atoms with Gasteiger partial charge in [-0.1, -0.05) is 67.8 Å². The summed E-state index contributed by atoms with van der Waals surface area (Å²) >= 11 is 0. The molecule has 0 aromatic heterocycles. The smallest absolute Gasteiger partial charge is 0.0384 e. The Morgan fingerprint density at radius 2 is 1.38 bits per heavy atom. The molecule has 2 aromatic carbocycles. The summed E-state index contributed by atoms with van der Waals surface area (Å²) in [5.41, 5.74) is 9.00. The maximum absolute atomic E-state index is 4.02. The average Bonchev–Trinajstić information content (AvgIpc) is 2.76. The van der Waals surface area contributed by atoms with Crippen LogP contribution in [-0.4, -0.2) is 0 Å². The zero-order valence-corrected chi connectivity index (χ0v) is 18.0. The maximum Gasteiger partial charge on any atom is 0.0384 e. The van der Waals surface area contributed by atoms with Crippen molar-refractivity contribution in [1.29, 1.82) is 0 Å². The van der Waals surface area contributed by atoms with E-state index in [1.165, 1.54) is 16.7 Å². The minimum absolute atomic E-state index is 0.905. The highest BCUT2D eigenvalue weighted by molar-refractivity contribution is 5.81. The fourth-order valence-corrected chi connectivity index (χ4v) is 3.01. The first-order valence-corrected chi connectivity index (χ1v) is 9.95. The molecule has 1 N–H and O–H groups in total. The van der Waals surface area contributed by atoms with Crippen molar-refractivity contribution < 1.29 is 0 Å². The van der Waals surface area contributed by atoms with E-state index in [9.17, 15) is 0 Å². The molecule has 0 bridgehead atoms. The maximum atomic E-state index is 4.02. The third-order valence-corrected chi connectivity index (χ3v) is 4.81. The van der Waals surface area contributed by atoms with E-state index < -0.39 is 0 Å². The van der Waals surface area contributed by atoms with E-state index in [4.69, 9.17) is 0 Å². The number of hydrogen-bond donors (Lipinski definition) is 1. The number of allylic oxidation sites excluding steroid dienone is 10. The Balaban J connectivity index is 2.21. The lowest BCUT2D eigenvalue weighted by molar-refractivity contribution is 1.45. The van der Waals surface area contributed by atoms with Crippen molar-refractivity contribution in [2.45, 2.75) is 27.7 Å². The number of hydrogen-bond acceptors (Lipinski definition) is 1. The molecular formula is C28H31N. The Hall–Kier alpha value is -3.32. The summed E-state index contributed by atoms with van der Waals surface area (Å²) in [6, 6.07) is 17.0. The Kier molecular flexibility index (Phi) is 8.24. The number of benzene rings is 2. The molecule has 1 nitrogen and oxygen atoms in total. The van der Waals surface area contributed by atoms with Crippen LogP contribution in [0.15, 0.2) is 109 Å². The van der Waals surface area contributed by atoms with E-state index in [-0.39, 0.29) is 0 Å². The lowest BCUT2D eigenvalue weighted by atomic mass is 9.96. The summed E-state index contributed by atoms with van der Waals surface area (Å²) in [5, 5.41) is 3.48. The summed E-state index contributed by atoms with van der Waals surface area (Å²) in [6.07, 6.45) is 12.3. The van der Waals surface area contributed by atoms with Gasteiger partial charge in [-0.25, -0.2) is 0 Å². The Labute approximate surface area is 176 Å². The SMILES string of the molecule is C=CC(=C)/C=C(\C(C)=C/C)c1ccc(Nc2ccc(C(/C=C\C)=C/C)cc2)cc1. The zero-order valence-electron chi connectivity index (χ0n) is 18.0. The van der Waals surface area contributed by atoms with Gasteiger partial charge >= 0.3 is 0 Å². The van der Waals surface area contributed by atoms with E-state index in [1.54, 1.807) is 6.08 Å². The largest absolute Gasteiger partial charge is 0.356 e. The molecule has 29 heavy (non-hydrogen) atoms. The molecule has 0 saturated carbocycles. The van der Waals surface area contributed by atoms with Gasteiger partial charge in [-0.2, -0.15) is 0 Å². The standard InChI is InChI=1S/C28H31N/c1-7-11-23(10-4)24-12-16-26(17-13-24)29-27-18-14-25(15-19-27)28(22(6)9-3)20-21(5)8-2/h7-20,29H,2,5H2,1,3-4,6H3/b11-7-,22-9-,23-10+,28-20+. The van der Waals surface area contributed by atoms with Gasteiger partial charge in [-0.3, -0.25) is 0 Å². The van der Waals surface area contributed by atoms with Gasteiger partial charge in [0.05, 0.1) is 0 Å². The highest BCUT2D eigenvalue weighted by atomic mass is 14.9. The van der Waals surface area contributed by atoms with Crippen molar-refractivity contribution in [3.8, 4) is 0 Å². The molecule has 2 rings (SSSR count). The fourth-order valence-electron chi connectivity index (χ4n) is 3.01. The molecule has 0 radical (unpaired) electrons. The number of anilines is 2. The zero-order chi connectivity index (χ0) is 21.2. The van der Waals surface area contributed by atoms with E-state index in [0.29, 0.717) is 0 Å². The molecule has 0 atom stereocenters. The molecule has 0 fully saturated rings. The molecule has 0 amide bonds. The monoisotopic (exact) mass is 381 g/mol. The summed E-state index contributed by atoms with van der Waals surface area (Å²) in [4.78, 5) is 0. The highest BCUT2D eigenvalue weighted by Crippen LogP contribution is 2.27. The van der Waals surface area contributed by atoms with Crippen LogP contribution in [0.3, 0.4) is 0 Å². The summed E-state index contributed by atoms with van der Waals surface area (Å²) in [5.74, 6) is 0. The number of rotatable bonds is 8. The first-order chi connectivity index (χ1) is 14.0. The van der Waals surface area contributed by atoms with Gasteiger partial charge in [0.25, 0.3) is 0 Å². The second-order valence-corrected chi connectivity index (χ2v) is 6.83. The normalized spacial score (nSPS) is 12.9. The molecule has 0 aliphatic heterocycles. The Bertz CT molecular complexity index is 962. The van der Waals surface area contributed by atoms with E-state index in [1.807, 2.05) is 6.92 Å². The summed E-state index contributed by atoms with van der Waals surface area (Å²) in [7, 11) is 0. The van der Waals surface area contributed by atoms with Crippen LogP contribution in [0.25, 0.3) is 11.1 Å². The van der Waals surface area contributed by atoms with Crippen LogP contribution in [0, 0.1) is 0 Å². The van der Waals surface area contributed by atoms with Gasteiger partial charge in [0.1, 0.15) is 0 Å². The third-order valence-electron chi connectivity index (χ3n) is 4.81. The molecule has 0 unspecified atom stereocenters. The topological polar surface area (TPSA) is 12.0 Å². The minimum atomic E-state index is 0.905. The third kappa shape index (κ3) is 6.08. The molecule has 148 valence electrons. The predicted molar refractivity (Wildman–Crippen MR) is 131 cm³/mol. The van der Waals surface area contributed by atoms with Crippen LogP contribution >= 0.6 is 0 Å². The summed E-state index contributed by atoms with van der Waals surface area (Å²) in [6.45, 7) is 16.1. The van der Waals surface area contributed by atoms with E-state index >= 15 is 0 Å². The minimum Gasteiger partial charge on any atom is -0.356 e.